The summed E-state index contributed by atoms with van der Waals surface area (Å²) >= 11 is 0. The first kappa shape index (κ1) is 9.92. The quantitative estimate of drug-likeness (QED) is 0.176. The molecule has 0 radical (unpaired) electrons. The molecule has 0 spiro atoms. The summed E-state index contributed by atoms with van der Waals surface area (Å²) in [5, 5.41) is -5.71. The first-order chi connectivity index (χ1) is 35.1. The van der Waals surface area contributed by atoms with Crippen molar-refractivity contribution in [1.29, 1.82) is 0 Å². The summed E-state index contributed by atoms with van der Waals surface area (Å²) < 4.78 is 279. The van der Waals surface area contributed by atoms with Crippen LogP contribution in [0.3, 0.4) is 0 Å². The lowest BCUT2D eigenvalue weighted by Crippen LogP contribution is -2.16. The van der Waals surface area contributed by atoms with E-state index in [1.807, 2.05) is 0 Å². The molecule has 46 heavy (non-hydrogen) atoms. The number of furan rings is 1. The number of rotatable bonds is 2. The molecule has 0 aliphatic heterocycles. The van der Waals surface area contributed by atoms with Crippen LogP contribution in [0.1, 0.15) is 66.0 Å². The van der Waals surface area contributed by atoms with Crippen molar-refractivity contribution in [2.75, 3.05) is 0 Å². The van der Waals surface area contributed by atoms with Gasteiger partial charge in [-0.3, -0.25) is 0 Å². The zero-order chi connectivity index (χ0) is 56.5. The van der Waals surface area contributed by atoms with Gasteiger partial charge in [0, 0.05) is 24.4 Å². The molecule has 1 aromatic heterocycles. The maximum Gasteiger partial charge on any atom is 0.136 e. The molecule has 0 bridgehead atoms. The summed E-state index contributed by atoms with van der Waals surface area (Å²) in [5.41, 5.74) is -13.0. The zero-order valence-electron chi connectivity index (χ0n) is 52.9. The molecule has 1 aliphatic rings. The highest BCUT2D eigenvalue weighted by Gasteiger charge is 2.37. The average Bonchev–Trinajstić information content (AvgIpc) is 4.15. The average molecular weight is 617 g/mol. The summed E-state index contributed by atoms with van der Waals surface area (Å²) in [6.07, 6.45) is 0. The van der Waals surface area contributed by atoms with E-state index < -0.39 is 263 Å². The van der Waals surface area contributed by atoms with Gasteiger partial charge in [0.15, 0.2) is 0 Å². The lowest BCUT2D eigenvalue weighted by Gasteiger charge is -2.26. The maximum atomic E-state index is 9.95. The van der Waals surface area contributed by atoms with E-state index in [0.29, 0.717) is 0 Å². The molecule has 0 unspecified atom stereocenters. The number of hydrogen-bond donors (Lipinski definition) is 0. The van der Waals surface area contributed by atoms with Crippen LogP contribution in [-0.4, -0.2) is 0 Å². The van der Waals surface area contributed by atoms with Crippen molar-refractivity contribution >= 4 is 54.3 Å². The molecule has 0 atom stereocenters. The fourth-order valence-electron chi connectivity index (χ4n) is 6.27. The molecule has 0 N–H and O–H groups in total. The van der Waals surface area contributed by atoms with Crippen LogP contribution < -0.4 is 0 Å². The van der Waals surface area contributed by atoms with Crippen LogP contribution in [0.15, 0.2) is 149 Å². The van der Waals surface area contributed by atoms with Gasteiger partial charge in [-0.2, -0.15) is 0 Å². The molecule has 0 saturated carbocycles. The summed E-state index contributed by atoms with van der Waals surface area (Å²) in [7, 11) is 0. The summed E-state index contributed by atoms with van der Waals surface area (Å²) in [5.74, 6) is 0. The molecule has 9 aromatic rings. The minimum absolute atomic E-state index is 0.459. The van der Waals surface area contributed by atoms with Gasteiger partial charge in [0.2, 0.25) is 0 Å². The molecule has 1 nitrogen and oxygen atoms in total. The fourth-order valence-corrected chi connectivity index (χ4v) is 6.27. The van der Waals surface area contributed by atoms with Gasteiger partial charge in [0.05, 0.1) is 32.9 Å². The van der Waals surface area contributed by atoms with E-state index in [-0.39, 0.29) is 0 Å². The molecule has 1 heterocycles. The number of fused-ring (bicyclic) bond motifs is 10. The topological polar surface area (TPSA) is 13.1 Å². The zero-order valence-corrected chi connectivity index (χ0v) is 22.9. The third-order valence-electron chi connectivity index (χ3n) is 8.14. The van der Waals surface area contributed by atoms with Crippen LogP contribution in [0.25, 0.3) is 87.6 Å². The Bertz CT molecular complexity index is 4200. The van der Waals surface area contributed by atoms with Crippen LogP contribution in [0.5, 0.6) is 0 Å². The third-order valence-corrected chi connectivity index (χ3v) is 8.14. The first-order valence-electron chi connectivity index (χ1n) is 28.7. The van der Waals surface area contributed by atoms with Crippen molar-refractivity contribution in [3.63, 3.8) is 0 Å². The standard InChI is InChI=1S/C45H30O/c1-45(2)38-21-10-9-14-30(38)35-19-11-20-36(44(35)45)42-33-17-7-5-15-31(33)41(32-16-6-8-18-34(32)42)28-23-24-39-37(26-28)43-29-13-4-3-12-27(29)22-25-40(43)46-39/h3-26H,1-2H3/i1D3,2D3,3D,4D,5D,6D,7D,8D,9D,10D,11D,12D,13D,14D,15D,16D,17D,18D,19D,20D,21D,22D,23D,24D,25D,26D. The Morgan fingerprint density at radius 3 is 1.87 bits per heavy atom. The lowest BCUT2D eigenvalue weighted by molar-refractivity contribution is 0.662. The van der Waals surface area contributed by atoms with E-state index in [4.69, 9.17) is 31.8 Å². The minimum atomic E-state index is -4.00. The Morgan fingerprint density at radius 2 is 1.11 bits per heavy atom. The number of benzene rings is 8. The molecule has 1 heteroatoms. The van der Waals surface area contributed by atoms with E-state index in [9.17, 15) is 13.7 Å². The SMILES string of the molecule is [2H]c1c([2H])c([2H])c2c(c1[2H])-c1c([2H])c([2H])c([2H])c(-c3c4c([2H])c([2H])c([2H])c([2H])c4c(-c4c([2H])c([2H])c5oc6c([2H])c([2H])c7c([2H])c([2H])c([2H])c([2H])c7c6c5c4[2H])c4c([2H])c([2H])c([2H])c([2H])c34)c1C2(C([2H])([2H])[2H])C([2H])([2H])[2H]. The molecule has 1 aliphatic carbocycles. The van der Waals surface area contributed by atoms with Gasteiger partial charge < -0.3 is 4.42 Å². The van der Waals surface area contributed by atoms with E-state index in [0.717, 1.165) is 0 Å². The minimum Gasteiger partial charge on any atom is -0.456 e. The largest absolute Gasteiger partial charge is 0.456 e. The highest BCUT2D eigenvalue weighted by Crippen LogP contribution is 2.54. The molecular formula is C45H30O. The molecule has 10 rings (SSSR count). The third kappa shape index (κ3) is 3.35. The van der Waals surface area contributed by atoms with Crippen molar-refractivity contribution in [2.45, 2.75) is 19.1 Å². The molecule has 0 amide bonds. The van der Waals surface area contributed by atoms with Gasteiger partial charge in [0.1, 0.15) is 11.2 Å². The summed E-state index contributed by atoms with van der Waals surface area (Å²) in [6.45, 7) is -8.00. The van der Waals surface area contributed by atoms with Crippen molar-refractivity contribution in [3.05, 3.63) is 156 Å². The smallest absolute Gasteiger partial charge is 0.136 e. The van der Waals surface area contributed by atoms with Gasteiger partial charge >= 0.3 is 0 Å². The van der Waals surface area contributed by atoms with Crippen LogP contribution >= 0.6 is 0 Å². The van der Waals surface area contributed by atoms with Crippen LogP contribution in [0.2, 0.25) is 0 Å². The highest BCUT2D eigenvalue weighted by molar-refractivity contribution is 6.24. The first-order valence-corrected chi connectivity index (χ1v) is 13.7. The van der Waals surface area contributed by atoms with E-state index in [1.165, 1.54) is 0 Å². The van der Waals surface area contributed by atoms with Crippen LogP contribution in [-0.2, 0) is 5.41 Å². The highest BCUT2D eigenvalue weighted by atomic mass is 16.3. The molecule has 0 saturated heterocycles. The lowest BCUT2D eigenvalue weighted by atomic mass is 9.77. The summed E-state index contributed by atoms with van der Waals surface area (Å²) in [4.78, 5) is 0. The van der Waals surface area contributed by atoms with Crippen molar-refractivity contribution in [2.24, 2.45) is 0 Å². The second kappa shape index (κ2) is 9.19. The predicted molar refractivity (Wildman–Crippen MR) is 195 cm³/mol. The fraction of sp³-hybridized carbons (Fsp3) is 0.0667. The van der Waals surface area contributed by atoms with Crippen molar-refractivity contribution < 1.29 is 45.5 Å². The van der Waals surface area contributed by atoms with Crippen LogP contribution in [0, 0.1) is 0 Å². The Labute approximate surface area is 309 Å². The normalized spacial score (nSPS) is 23.4. The second-order valence-corrected chi connectivity index (χ2v) is 10.5. The van der Waals surface area contributed by atoms with Gasteiger partial charge in [0.25, 0.3) is 0 Å². The Morgan fingerprint density at radius 1 is 0.500 bits per heavy atom. The second-order valence-electron chi connectivity index (χ2n) is 10.5. The van der Waals surface area contributed by atoms with E-state index in [1.54, 1.807) is 0 Å². The van der Waals surface area contributed by atoms with Gasteiger partial charge in [-0.1, -0.05) is 141 Å². The Balaban J connectivity index is 1.58. The maximum absolute atomic E-state index is 9.95. The molecular weight excluding hydrogens is 556 g/mol. The van der Waals surface area contributed by atoms with Crippen molar-refractivity contribution in [3.8, 4) is 33.4 Å². The van der Waals surface area contributed by atoms with Crippen LogP contribution in [0.4, 0.5) is 0 Å². The Kier molecular flexibility index (Phi) is 1.98. The molecule has 216 valence electrons. The van der Waals surface area contributed by atoms with Crippen molar-refractivity contribution in [1.82, 2.24) is 0 Å². The summed E-state index contributed by atoms with van der Waals surface area (Å²) in [6, 6.07) is -24.8. The predicted octanol–water partition coefficient (Wildman–Crippen LogP) is 12.7. The monoisotopic (exact) mass is 616 g/mol. The van der Waals surface area contributed by atoms with E-state index in [2.05, 4.69) is 0 Å². The van der Waals surface area contributed by atoms with Gasteiger partial charge in [-0.25, -0.2) is 0 Å². The van der Waals surface area contributed by atoms with Gasteiger partial charge in [-0.05, 0) is 95.0 Å². The van der Waals surface area contributed by atoms with Gasteiger partial charge in [-0.15, -0.1) is 0 Å². The molecule has 0 fully saturated rings. The molecule has 8 aromatic carbocycles. The number of hydrogen-bond acceptors (Lipinski definition) is 1. The Hall–Kier alpha value is -5.66. The van der Waals surface area contributed by atoms with E-state index >= 15 is 0 Å².